The van der Waals surface area contributed by atoms with E-state index in [0.717, 1.165) is 42.7 Å². The number of halogens is 2. The molecule has 1 aromatic heterocycles. The summed E-state index contributed by atoms with van der Waals surface area (Å²) < 4.78 is 56.3. The molecule has 40 heavy (non-hydrogen) atoms. The van der Waals surface area contributed by atoms with Gasteiger partial charge in [0.05, 0.1) is 11.0 Å². The van der Waals surface area contributed by atoms with E-state index >= 15 is 0 Å². The molecule has 1 aliphatic carbocycles. The summed E-state index contributed by atoms with van der Waals surface area (Å²) in [5.41, 5.74) is 3.39. The van der Waals surface area contributed by atoms with Crippen molar-refractivity contribution in [1.29, 1.82) is 0 Å². The van der Waals surface area contributed by atoms with Crippen molar-refractivity contribution in [2.24, 2.45) is 0 Å². The van der Waals surface area contributed by atoms with Crippen LogP contribution in [0, 0.1) is 6.92 Å². The molecule has 0 spiro atoms. The van der Waals surface area contributed by atoms with E-state index in [1.807, 2.05) is 24.3 Å². The minimum absolute atomic E-state index is 0.0218. The number of para-hydroxylation sites is 2. The molecule has 3 aliphatic rings. The molecule has 0 N–H and O–H groups in total. The third kappa shape index (κ3) is 5.70. The van der Waals surface area contributed by atoms with E-state index in [1.54, 1.807) is 0 Å². The van der Waals surface area contributed by atoms with E-state index in [0.29, 0.717) is 24.7 Å². The Labute approximate surface area is 237 Å². The van der Waals surface area contributed by atoms with Crippen molar-refractivity contribution in [3.8, 4) is 0 Å². The number of piperidine rings is 1. The summed E-state index contributed by atoms with van der Waals surface area (Å²) in [5, 5.41) is 0. The second-order valence-electron chi connectivity index (χ2n) is 12.1. The van der Waals surface area contributed by atoms with Gasteiger partial charge in [0.2, 0.25) is 16.8 Å². The minimum Gasteiger partial charge on any atom is -0.325 e. The quantitative estimate of drug-likeness (QED) is 0.316. The molecule has 4 atom stereocenters. The second kappa shape index (κ2) is 11.5. The predicted octanol–water partition coefficient (Wildman–Crippen LogP) is 6.09. The van der Waals surface area contributed by atoms with Gasteiger partial charge in [-0.1, -0.05) is 42.5 Å². The highest BCUT2D eigenvalue weighted by atomic mass is 32.2. The topological polar surface area (TPSA) is 58.4 Å². The summed E-state index contributed by atoms with van der Waals surface area (Å²) in [4.78, 5) is 7.48. The third-order valence-electron chi connectivity index (χ3n) is 9.73. The predicted molar refractivity (Wildman–Crippen MR) is 154 cm³/mol. The number of alkyl halides is 2. The molecule has 0 amide bonds. The molecule has 2 aromatic carbocycles. The van der Waals surface area contributed by atoms with Gasteiger partial charge in [-0.15, -0.1) is 0 Å². The molecule has 6 nitrogen and oxygen atoms in total. The first-order valence-electron chi connectivity index (χ1n) is 14.8. The van der Waals surface area contributed by atoms with Gasteiger partial charge in [-0.3, -0.25) is 4.90 Å². The van der Waals surface area contributed by atoms with Crippen molar-refractivity contribution >= 4 is 21.9 Å². The number of fused-ring (bicyclic) bond motifs is 3. The van der Waals surface area contributed by atoms with Gasteiger partial charge < -0.3 is 4.57 Å². The second-order valence-corrected chi connectivity index (χ2v) is 13.1. The Balaban J connectivity index is 1.16. The SMILES string of the molecule is Cc1nc2ccccc2n1C1C[C@H]2CC[C@@H](C1)N2CCC(CN(C1CCC(F)(F)CC1)[SH](=O)=O)c1ccccc1. The largest absolute Gasteiger partial charge is 0.325 e. The van der Waals surface area contributed by atoms with Gasteiger partial charge in [0, 0.05) is 43.6 Å². The maximum atomic E-state index is 13.8. The summed E-state index contributed by atoms with van der Waals surface area (Å²) in [6, 6.07) is 19.6. The first kappa shape index (κ1) is 27.8. The first-order valence-corrected chi connectivity index (χ1v) is 15.9. The number of aromatic nitrogens is 2. The Morgan fingerprint density at radius 1 is 0.950 bits per heavy atom. The van der Waals surface area contributed by atoms with Gasteiger partial charge in [0.1, 0.15) is 5.82 Å². The number of rotatable bonds is 9. The Kier molecular flexibility index (Phi) is 7.98. The van der Waals surface area contributed by atoms with Gasteiger partial charge in [0.15, 0.2) is 0 Å². The fourth-order valence-electron chi connectivity index (χ4n) is 7.74. The van der Waals surface area contributed by atoms with E-state index in [9.17, 15) is 17.2 Å². The van der Waals surface area contributed by atoms with Gasteiger partial charge in [-0.25, -0.2) is 26.5 Å². The van der Waals surface area contributed by atoms with Crippen molar-refractivity contribution in [3.63, 3.8) is 0 Å². The number of imidazole rings is 1. The van der Waals surface area contributed by atoms with E-state index in [2.05, 4.69) is 46.7 Å². The van der Waals surface area contributed by atoms with E-state index in [4.69, 9.17) is 4.98 Å². The highest BCUT2D eigenvalue weighted by Gasteiger charge is 2.42. The average Bonchev–Trinajstić information content (AvgIpc) is 3.40. The van der Waals surface area contributed by atoms with Gasteiger partial charge in [0.25, 0.3) is 0 Å². The minimum atomic E-state index is -2.85. The van der Waals surface area contributed by atoms with Gasteiger partial charge >= 0.3 is 0 Å². The third-order valence-corrected chi connectivity index (χ3v) is 10.6. The van der Waals surface area contributed by atoms with Crippen LogP contribution >= 0.6 is 0 Å². The van der Waals surface area contributed by atoms with Crippen molar-refractivity contribution in [1.82, 2.24) is 18.8 Å². The summed E-state index contributed by atoms with van der Waals surface area (Å²) in [6.07, 6.45) is 5.39. The lowest BCUT2D eigenvalue weighted by atomic mass is 9.90. The normalized spacial score (nSPS) is 26.2. The molecule has 2 aliphatic heterocycles. The Hall–Kier alpha value is -2.36. The zero-order chi connectivity index (χ0) is 27.9. The lowest BCUT2D eigenvalue weighted by Gasteiger charge is -2.41. The maximum Gasteiger partial charge on any atom is 0.248 e. The zero-order valence-electron chi connectivity index (χ0n) is 23.2. The Bertz CT molecular complexity index is 1360. The zero-order valence-corrected chi connectivity index (χ0v) is 24.1. The van der Waals surface area contributed by atoms with Gasteiger partial charge in [-0.2, -0.15) is 0 Å². The molecular formula is C31H40F2N4O2S. The number of thiol groups is 1. The van der Waals surface area contributed by atoms with Crippen LogP contribution in [0.4, 0.5) is 8.78 Å². The van der Waals surface area contributed by atoms with Crippen molar-refractivity contribution in [2.75, 3.05) is 13.1 Å². The summed E-state index contributed by atoms with van der Waals surface area (Å²) >= 11 is 0. The van der Waals surface area contributed by atoms with Crippen LogP contribution in [-0.4, -0.2) is 64.3 Å². The number of benzene rings is 2. The standard InChI is InChI=1S/C31H40F2N4O2S/c1-22-34-29-9-5-6-10-30(29)37(22)28-19-26-11-12-27(20-28)35(26)18-15-24(23-7-3-2-4-8-23)21-36(40(38)39)25-13-16-31(32,33)17-14-25/h2-10,24-28,40H,11-21H2,1H3/t24?,26-,27+,28?. The maximum absolute atomic E-state index is 13.8. The summed E-state index contributed by atoms with van der Waals surface area (Å²) in [7, 11) is -2.85. The molecule has 2 bridgehead atoms. The highest BCUT2D eigenvalue weighted by Crippen LogP contribution is 2.43. The molecule has 9 heteroatoms. The van der Waals surface area contributed by atoms with Crippen LogP contribution in [0.15, 0.2) is 54.6 Å². The van der Waals surface area contributed by atoms with Crippen LogP contribution in [-0.2, 0) is 10.9 Å². The monoisotopic (exact) mass is 570 g/mol. The molecule has 2 saturated heterocycles. The average molecular weight is 571 g/mol. The van der Waals surface area contributed by atoms with E-state index < -0.39 is 16.8 Å². The molecule has 1 saturated carbocycles. The van der Waals surface area contributed by atoms with E-state index in [1.165, 1.54) is 22.7 Å². The number of hydrogen-bond donors (Lipinski definition) is 1. The Morgan fingerprint density at radius 2 is 1.60 bits per heavy atom. The van der Waals surface area contributed by atoms with E-state index in [-0.39, 0.29) is 37.6 Å². The van der Waals surface area contributed by atoms with Crippen LogP contribution < -0.4 is 0 Å². The number of aryl methyl sites for hydroxylation is 1. The smallest absolute Gasteiger partial charge is 0.248 e. The van der Waals surface area contributed by atoms with Crippen molar-refractivity contribution in [3.05, 3.63) is 66.0 Å². The lowest BCUT2D eigenvalue weighted by molar-refractivity contribution is -0.0467. The number of hydrogen-bond acceptors (Lipinski definition) is 4. The highest BCUT2D eigenvalue weighted by molar-refractivity contribution is 7.69. The first-order chi connectivity index (χ1) is 19.3. The summed E-state index contributed by atoms with van der Waals surface area (Å²) in [5.74, 6) is -1.58. The molecule has 3 fully saturated rings. The van der Waals surface area contributed by atoms with Crippen LogP contribution in [0.5, 0.6) is 0 Å². The lowest BCUT2D eigenvalue weighted by Crippen LogP contribution is -2.45. The van der Waals surface area contributed by atoms with Crippen molar-refractivity contribution < 1.29 is 17.2 Å². The molecule has 3 heterocycles. The van der Waals surface area contributed by atoms with Crippen LogP contribution in [0.1, 0.15) is 81.1 Å². The fraction of sp³-hybridized carbons (Fsp3) is 0.581. The molecule has 2 unspecified atom stereocenters. The summed E-state index contributed by atoms with van der Waals surface area (Å²) in [6.45, 7) is 3.38. The molecule has 216 valence electrons. The fourth-order valence-corrected chi connectivity index (χ4v) is 8.57. The molecule has 0 radical (unpaired) electrons. The van der Waals surface area contributed by atoms with Crippen LogP contribution in [0.2, 0.25) is 0 Å². The molecule has 6 rings (SSSR count). The van der Waals surface area contributed by atoms with Crippen LogP contribution in [0.3, 0.4) is 0 Å². The molecular weight excluding hydrogens is 530 g/mol. The van der Waals surface area contributed by atoms with Crippen molar-refractivity contribution in [2.45, 2.75) is 101 Å². The van der Waals surface area contributed by atoms with Crippen LogP contribution in [0.25, 0.3) is 11.0 Å². The number of nitrogens with zero attached hydrogens (tertiary/aromatic N) is 4. The molecule has 3 aromatic rings. The van der Waals surface area contributed by atoms with Gasteiger partial charge in [-0.05, 0) is 82.0 Å². The Morgan fingerprint density at radius 3 is 2.27 bits per heavy atom.